The second kappa shape index (κ2) is 9.63. The molecule has 1 saturated carbocycles. The number of nitrogens with one attached hydrogen (secondary N) is 1. The van der Waals surface area contributed by atoms with Gasteiger partial charge in [0.2, 0.25) is 5.91 Å². The van der Waals surface area contributed by atoms with Crippen LogP contribution in [-0.4, -0.2) is 34.8 Å². The summed E-state index contributed by atoms with van der Waals surface area (Å²) in [5.41, 5.74) is 3.66. The van der Waals surface area contributed by atoms with Crippen molar-refractivity contribution in [1.82, 2.24) is 15.2 Å². The Morgan fingerprint density at radius 2 is 2.00 bits per heavy atom. The number of nitrogens with zero attached hydrogens (tertiary/aromatic N) is 2. The molecule has 7 heteroatoms. The number of amides is 2. The molecule has 1 fully saturated rings. The highest BCUT2D eigenvalue weighted by Gasteiger charge is 2.39. The largest absolute Gasteiger partial charge is 0.484 e. The number of ether oxygens (including phenoxy) is 1. The van der Waals surface area contributed by atoms with Gasteiger partial charge in [0, 0.05) is 31.4 Å². The molecule has 1 unspecified atom stereocenters. The minimum atomic E-state index is -0.379. The highest BCUT2D eigenvalue weighted by atomic mass is 19.1. The van der Waals surface area contributed by atoms with Crippen LogP contribution in [0, 0.1) is 11.7 Å². The highest BCUT2D eigenvalue weighted by Crippen LogP contribution is 2.41. The fraction of sp³-hybridized carbons (Fsp3) is 0.296. The van der Waals surface area contributed by atoms with Crippen LogP contribution in [0.15, 0.2) is 67.0 Å². The van der Waals surface area contributed by atoms with E-state index in [1.165, 1.54) is 12.1 Å². The smallest absolute Gasteiger partial charge is 0.258 e. The third-order valence-electron chi connectivity index (χ3n) is 6.30. The van der Waals surface area contributed by atoms with E-state index in [9.17, 15) is 14.0 Å². The summed E-state index contributed by atoms with van der Waals surface area (Å²) in [6.07, 6.45) is 5.93. The zero-order valence-electron chi connectivity index (χ0n) is 18.7. The molecule has 174 valence electrons. The first-order valence-corrected chi connectivity index (χ1v) is 11.6. The van der Waals surface area contributed by atoms with Crippen LogP contribution in [0.5, 0.6) is 5.75 Å². The van der Waals surface area contributed by atoms with E-state index in [0.717, 1.165) is 41.5 Å². The minimum absolute atomic E-state index is 0.0700. The summed E-state index contributed by atoms with van der Waals surface area (Å²) in [6.45, 7) is 0.842. The van der Waals surface area contributed by atoms with Crippen molar-refractivity contribution in [3.63, 3.8) is 0 Å². The van der Waals surface area contributed by atoms with Crippen LogP contribution < -0.4 is 10.1 Å². The molecule has 2 amide bonds. The van der Waals surface area contributed by atoms with Gasteiger partial charge in [0.25, 0.3) is 5.91 Å². The molecule has 3 aromatic rings. The van der Waals surface area contributed by atoms with Gasteiger partial charge < -0.3 is 15.0 Å². The molecule has 1 N–H and O–H groups in total. The van der Waals surface area contributed by atoms with Gasteiger partial charge >= 0.3 is 0 Å². The van der Waals surface area contributed by atoms with Gasteiger partial charge in [0.15, 0.2) is 6.61 Å². The Bertz CT molecular complexity index is 1200. The maximum Gasteiger partial charge on any atom is 0.258 e. The van der Waals surface area contributed by atoms with E-state index in [2.05, 4.69) is 10.3 Å². The number of benzene rings is 2. The van der Waals surface area contributed by atoms with Crippen LogP contribution in [0.2, 0.25) is 0 Å². The highest BCUT2D eigenvalue weighted by molar-refractivity contribution is 5.82. The second-order valence-electron chi connectivity index (χ2n) is 8.80. The van der Waals surface area contributed by atoms with Crippen LogP contribution in [0.25, 0.3) is 0 Å². The number of halogens is 1. The van der Waals surface area contributed by atoms with Gasteiger partial charge in [-0.15, -0.1) is 0 Å². The molecular formula is C27H26FN3O3. The average Bonchev–Trinajstić information content (AvgIpc) is 3.71. The molecule has 1 aromatic heterocycles. The number of rotatable bonds is 7. The van der Waals surface area contributed by atoms with E-state index in [0.29, 0.717) is 18.8 Å². The maximum absolute atomic E-state index is 14.1. The molecule has 2 aromatic carbocycles. The Morgan fingerprint density at radius 1 is 1.12 bits per heavy atom. The van der Waals surface area contributed by atoms with Gasteiger partial charge in [-0.3, -0.25) is 14.6 Å². The summed E-state index contributed by atoms with van der Waals surface area (Å²) < 4.78 is 19.9. The maximum atomic E-state index is 14.1. The van der Waals surface area contributed by atoms with Gasteiger partial charge in [-0.1, -0.05) is 24.3 Å². The second-order valence-corrected chi connectivity index (χ2v) is 8.80. The van der Waals surface area contributed by atoms with E-state index in [4.69, 9.17) is 4.74 Å². The number of carbonyl (C=O) groups is 2. The molecule has 2 aliphatic rings. The van der Waals surface area contributed by atoms with Gasteiger partial charge in [0.1, 0.15) is 11.6 Å². The summed E-state index contributed by atoms with van der Waals surface area (Å²) in [5.74, 6) is 0.161. The molecule has 0 saturated heterocycles. The van der Waals surface area contributed by atoms with Crippen molar-refractivity contribution in [2.45, 2.75) is 31.8 Å². The molecule has 34 heavy (non-hydrogen) atoms. The molecular weight excluding hydrogens is 433 g/mol. The van der Waals surface area contributed by atoms with Gasteiger partial charge in [0.05, 0.1) is 6.04 Å². The van der Waals surface area contributed by atoms with Crippen LogP contribution in [0.3, 0.4) is 0 Å². The number of hydrogen-bond donors (Lipinski definition) is 1. The van der Waals surface area contributed by atoms with Crippen LogP contribution in [0.4, 0.5) is 4.39 Å². The molecule has 1 aliphatic carbocycles. The van der Waals surface area contributed by atoms with Crippen LogP contribution >= 0.6 is 0 Å². The lowest BCUT2D eigenvalue weighted by Gasteiger charge is -2.38. The fourth-order valence-electron chi connectivity index (χ4n) is 4.42. The minimum Gasteiger partial charge on any atom is -0.484 e. The summed E-state index contributed by atoms with van der Waals surface area (Å²) in [7, 11) is 0. The van der Waals surface area contributed by atoms with Crippen LogP contribution in [0.1, 0.15) is 41.1 Å². The monoisotopic (exact) mass is 459 g/mol. The average molecular weight is 460 g/mol. The Balaban J connectivity index is 1.34. The lowest BCUT2D eigenvalue weighted by atomic mass is 9.87. The normalized spacial score (nSPS) is 17.1. The Labute approximate surface area is 197 Å². The zero-order chi connectivity index (χ0) is 23.5. The van der Waals surface area contributed by atoms with Gasteiger partial charge in [-0.25, -0.2) is 4.39 Å². The predicted octanol–water partition coefficient (Wildman–Crippen LogP) is 3.80. The lowest BCUT2D eigenvalue weighted by molar-refractivity contribution is -0.134. The first kappa shape index (κ1) is 22.1. The number of fused-ring (bicyclic) bond motifs is 1. The third kappa shape index (κ3) is 4.93. The number of pyridine rings is 1. The molecule has 6 nitrogen and oxygen atoms in total. The number of aromatic nitrogens is 1. The number of carbonyl (C=O) groups excluding carboxylic acids is 2. The molecule has 1 aliphatic heterocycles. The topological polar surface area (TPSA) is 71.5 Å². The standard InChI is InChI=1S/C27H26FN3O3/c28-22-5-1-4-21(13-22)26-24-14-23(34-17-25(32)30-16-18-3-2-11-29-15-18)9-8-19(24)10-12-31(26)27(33)20-6-7-20/h1-5,8-9,11,13-15,20,26H,6-7,10,12,16-17H2,(H,30,32). The van der Waals surface area contributed by atoms with E-state index in [1.54, 1.807) is 18.5 Å². The van der Waals surface area contributed by atoms with E-state index in [-0.39, 0.29) is 36.2 Å². The van der Waals surface area contributed by atoms with E-state index < -0.39 is 0 Å². The first-order valence-electron chi connectivity index (χ1n) is 11.6. The Morgan fingerprint density at radius 3 is 2.76 bits per heavy atom. The molecule has 1 atom stereocenters. The zero-order valence-corrected chi connectivity index (χ0v) is 18.7. The molecule has 2 heterocycles. The fourth-order valence-corrected chi connectivity index (χ4v) is 4.42. The summed E-state index contributed by atoms with van der Waals surface area (Å²) in [6, 6.07) is 15.5. The lowest BCUT2D eigenvalue weighted by Crippen LogP contribution is -2.41. The molecule has 0 radical (unpaired) electrons. The van der Waals surface area contributed by atoms with Gasteiger partial charge in [-0.2, -0.15) is 0 Å². The van der Waals surface area contributed by atoms with Crippen molar-refractivity contribution in [2.24, 2.45) is 5.92 Å². The molecule has 5 rings (SSSR count). The van der Waals surface area contributed by atoms with Crippen molar-refractivity contribution in [2.75, 3.05) is 13.2 Å². The summed E-state index contributed by atoms with van der Waals surface area (Å²) in [4.78, 5) is 31.3. The van der Waals surface area contributed by atoms with Crippen molar-refractivity contribution >= 4 is 11.8 Å². The Hall–Kier alpha value is -3.74. The van der Waals surface area contributed by atoms with Crippen molar-refractivity contribution in [3.05, 3.63) is 95.1 Å². The first-order chi connectivity index (χ1) is 16.6. The molecule has 0 spiro atoms. The predicted molar refractivity (Wildman–Crippen MR) is 124 cm³/mol. The number of hydrogen-bond acceptors (Lipinski definition) is 4. The van der Waals surface area contributed by atoms with Gasteiger partial charge in [-0.05, 0) is 71.8 Å². The van der Waals surface area contributed by atoms with Crippen molar-refractivity contribution < 1.29 is 18.7 Å². The van der Waals surface area contributed by atoms with Crippen LogP contribution in [-0.2, 0) is 22.6 Å². The van der Waals surface area contributed by atoms with Crippen molar-refractivity contribution in [3.8, 4) is 5.75 Å². The summed E-state index contributed by atoms with van der Waals surface area (Å²) >= 11 is 0. The molecule has 0 bridgehead atoms. The quantitative estimate of drug-likeness (QED) is 0.584. The Kier molecular flexibility index (Phi) is 6.25. The van der Waals surface area contributed by atoms with Crippen molar-refractivity contribution in [1.29, 1.82) is 0 Å². The third-order valence-corrected chi connectivity index (χ3v) is 6.30. The summed E-state index contributed by atoms with van der Waals surface area (Å²) in [5, 5.41) is 2.82. The van der Waals surface area contributed by atoms with E-state index >= 15 is 0 Å². The SMILES string of the molecule is O=C(COc1ccc2c(c1)C(c1cccc(F)c1)N(C(=O)C1CC1)CC2)NCc1cccnc1. The van der Waals surface area contributed by atoms with E-state index in [1.807, 2.05) is 41.3 Å².